The number of aromatic nitrogens is 1. The second-order valence-corrected chi connectivity index (χ2v) is 4.79. The van der Waals surface area contributed by atoms with Gasteiger partial charge in [0.05, 0.1) is 25.5 Å². The molecule has 5 nitrogen and oxygen atoms in total. The highest BCUT2D eigenvalue weighted by Gasteiger charge is 2.29. The van der Waals surface area contributed by atoms with Crippen LogP contribution in [0, 0.1) is 5.82 Å². The van der Waals surface area contributed by atoms with Crippen molar-refractivity contribution in [1.82, 2.24) is 10.4 Å². The van der Waals surface area contributed by atoms with Gasteiger partial charge in [-0.2, -0.15) is 0 Å². The van der Waals surface area contributed by atoms with Gasteiger partial charge < -0.3 is 5.73 Å². The first-order valence-electron chi connectivity index (χ1n) is 6.71. The van der Waals surface area contributed by atoms with Gasteiger partial charge in [0.15, 0.2) is 0 Å². The summed E-state index contributed by atoms with van der Waals surface area (Å²) in [7, 11) is 0. The van der Waals surface area contributed by atoms with Crippen LogP contribution < -0.4 is 16.2 Å². The van der Waals surface area contributed by atoms with E-state index >= 15 is 0 Å². The van der Waals surface area contributed by atoms with E-state index in [1.165, 1.54) is 12.4 Å². The molecule has 3 rings (SSSR count). The second-order valence-electron chi connectivity index (χ2n) is 4.79. The summed E-state index contributed by atoms with van der Waals surface area (Å²) in [6, 6.07) is 10.6. The van der Waals surface area contributed by atoms with Crippen LogP contribution in [-0.2, 0) is 6.54 Å². The summed E-state index contributed by atoms with van der Waals surface area (Å²) in [6.45, 7) is 0.919. The Balaban J connectivity index is 1.86. The number of fused-ring (bicyclic) bond motifs is 1. The van der Waals surface area contributed by atoms with Crippen LogP contribution in [0.2, 0.25) is 0 Å². The molecule has 1 aromatic heterocycles. The van der Waals surface area contributed by atoms with E-state index in [1.54, 1.807) is 18.3 Å². The largest absolute Gasteiger partial charge is 0.390 e. The lowest BCUT2D eigenvalue weighted by molar-refractivity contribution is 0.537. The van der Waals surface area contributed by atoms with E-state index in [0.717, 1.165) is 11.4 Å². The number of anilines is 1. The van der Waals surface area contributed by atoms with Crippen molar-refractivity contribution in [2.45, 2.75) is 12.6 Å². The zero-order valence-corrected chi connectivity index (χ0v) is 11.4. The Hall–Kier alpha value is -2.47. The van der Waals surface area contributed by atoms with Gasteiger partial charge in [0.25, 0.3) is 0 Å². The van der Waals surface area contributed by atoms with Crippen LogP contribution in [0.4, 0.5) is 10.2 Å². The predicted molar refractivity (Wildman–Crippen MR) is 80.2 cm³/mol. The van der Waals surface area contributed by atoms with Gasteiger partial charge >= 0.3 is 0 Å². The highest BCUT2D eigenvalue weighted by molar-refractivity contribution is 5.54. The van der Waals surface area contributed by atoms with E-state index in [9.17, 15) is 4.39 Å². The fourth-order valence-electron chi connectivity index (χ4n) is 2.45. The van der Waals surface area contributed by atoms with Gasteiger partial charge in [0.2, 0.25) is 0 Å². The summed E-state index contributed by atoms with van der Waals surface area (Å²) in [5.74, 6) is 0.582. The summed E-state index contributed by atoms with van der Waals surface area (Å²) in [6.07, 6.45) is 3.01. The van der Waals surface area contributed by atoms with Crippen molar-refractivity contribution in [1.29, 1.82) is 0 Å². The Morgan fingerprint density at radius 3 is 3.00 bits per heavy atom. The van der Waals surface area contributed by atoms with Gasteiger partial charge in [-0.3, -0.25) is 10.0 Å². The monoisotopic (exact) mass is 285 g/mol. The maximum Gasteiger partial charge on any atom is 0.147 e. The first kappa shape index (κ1) is 13.5. The van der Waals surface area contributed by atoms with Crippen molar-refractivity contribution < 1.29 is 4.39 Å². The predicted octanol–water partition coefficient (Wildman–Crippen LogP) is 1.77. The van der Waals surface area contributed by atoms with Crippen LogP contribution >= 0.6 is 0 Å². The molecule has 3 N–H and O–H groups in total. The van der Waals surface area contributed by atoms with Crippen LogP contribution in [0.5, 0.6) is 0 Å². The van der Waals surface area contributed by atoms with Gasteiger partial charge in [0.1, 0.15) is 11.6 Å². The molecule has 1 aliphatic heterocycles. The molecule has 2 aromatic rings. The van der Waals surface area contributed by atoms with Crippen molar-refractivity contribution in [3.63, 3.8) is 0 Å². The first-order valence-corrected chi connectivity index (χ1v) is 6.71. The van der Waals surface area contributed by atoms with Crippen LogP contribution in [0.3, 0.4) is 0 Å². The first-order chi connectivity index (χ1) is 10.3. The Morgan fingerprint density at radius 2 is 2.19 bits per heavy atom. The molecular weight excluding hydrogens is 269 g/mol. The number of benzene rings is 1. The standard InChI is InChI=1S/C15H16FN5/c16-13-6-2-1-4-11(13)9-21-15-12(5-3-7-19-15)14(20-21)8-18-10-17/h1-7,10,14,20H,8-9H2,(H2,17,18). The number of aliphatic imine (C=N–C) groups is 1. The smallest absolute Gasteiger partial charge is 0.147 e. The van der Waals surface area contributed by atoms with Crippen molar-refractivity contribution in [2.75, 3.05) is 11.6 Å². The van der Waals surface area contributed by atoms with Crippen molar-refractivity contribution in [2.24, 2.45) is 10.7 Å². The molecule has 108 valence electrons. The zero-order chi connectivity index (χ0) is 14.7. The summed E-state index contributed by atoms with van der Waals surface area (Å²) in [5.41, 5.74) is 10.3. The molecule has 1 unspecified atom stereocenters. The number of nitrogens with one attached hydrogen (secondary N) is 1. The molecule has 0 bridgehead atoms. The maximum atomic E-state index is 13.8. The third-order valence-corrected chi connectivity index (χ3v) is 3.44. The lowest BCUT2D eigenvalue weighted by atomic mass is 10.1. The molecular formula is C15H16FN5. The minimum absolute atomic E-state index is 0.000253. The Kier molecular flexibility index (Phi) is 3.79. The molecule has 0 amide bonds. The molecule has 0 spiro atoms. The summed E-state index contributed by atoms with van der Waals surface area (Å²) in [5, 5.41) is 1.85. The average molecular weight is 285 g/mol. The van der Waals surface area contributed by atoms with Crippen LogP contribution in [0.25, 0.3) is 0 Å². The lowest BCUT2D eigenvalue weighted by Gasteiger charge is -2.20. The Labute approximate surface area is 122 Å². The average Bonchev–Trinajstić information content (AvgIpc) is 2.86. The van der Waals surface area contributed by atoms with Gasteiger partial charge in [-0.25, -0.2) is 14.8 Å². The van der Waals surface area contributed by atoms with E-state index in [2.05, 4.69) is 15.4 Å². The van der Waals surface area contributed by atoms with Crippen molar-refractivity contribution >= 4 is 12.2 Å². The Morgan fingerprint density at radius 1 is 1.33 bits per heavy atom. The second kappa shape index (κ2) is 5.88. The van der Waals surface area contributed by atoms with Gasteiger partial charge in [0, 0.05) is 17.3 Å². The SMILES string of the molecule is NC=NCC1NN(Cc2ccccc2F)c2ncccc21. The van der Waals surface area contributed by atoms with E-state index < -0.39 is 0 Å². The van der Waals surface area contributed by atoms with E-state index in [-0.39, 0.29) is 11.9 Å². The molecule has 1 aliphatic rings. The molecule has 0 saturated heterocycles. The van der Waals surface area contributed by atoms with Gasteiger partial charge in [-0.15, -0.1) is 0 Å². The van der Waals surface area contributed by atoms with E-state index in [0.29, 0.717) is 18.7 Å². The zero-order valence-electron chi connectivity index (χ0n) is 11.4. The molecule has 0 fully saturated rings. The number of hydrazine groups is 1. The fourth-order valence-corrected chi connectivity index (χ4v) is 2.45. The van der Waals surface area contributed by atoms with Crippen LogP contribution in [0.1, 0.15) is 17.2 Å². The minimum Gasteiger partial charge on any atom is -0.390 e. The maximum absolute atomic E-state index is 13.8. The van der Waals surface area contributed by atoms with Crippen LogP contribution in [0.15, 0.2) is 47.6 Å². The summed E-state index contributed by atoms with van der Waals surface area (Å²) < 4.78 is 13.8. The molecule has 0 aliphatic carbocycles. The topological polar surface area (TPSA) is 66.5 Å². The number of nitrogens with two attached hydrogens (primary N) is 1. The highest BCUT2D eigenvalue weighted by Crippen LogP contribution is 2.31. The number of nitrogens with zero attached hydrogens (tertiary/aromatic N) is 3. The highest BCUT2D eigenvalue weighted by atomic mass is 19.1. The normalized spacial score (nSPS) is 17.4. The number of rotatable bonds is 4. The van der Waals surface area contributed by atoms with Gasteiger partial charge in [-0.1, -0.05) is 24.3 Å². The summed E-state index contributed by atoms with van der Waals surface area (Å²) >= 11 is 0. The van der Waals surface area contributed by atoms with E-state index in [4.69, 9.17) is 5.73 Å². The molecule has 6 heteroatoms. The lowest BCUT2D eigenvalue weighted by Crippen LogP contribution is -2.35. The molecule has 0 radical (unpaired) electrons. The van der Waals surface area contributed by atoms with Gasteiger partial charge in [-0.05, 0) is 12.1 Å². The van der Waals surface area contributed by atoms with Crippen LogP contribution in [-0.4, -0.2) is 17.9 Å². The quantitative estimate of drug-likeness (QED) is 0.664. The molecule has 1 atom stereocenters. The number of hydrogen-bond donors (Lipinski definition) is 2. The third-order valence-electron chi connectivity index (χ3n) is 3.44. The third kappa shape index (κ3) is 2.71. The molecule has 2 heterocycles. The number of halogens is 1. The Bertz CT molecular complexity index is 658. The van der Waals surface area contributed by atoms with E-state index in [1.807, 2.05) is 23.2 Å². The van der Waals surface area contributed by atoms with Crippen molar-refractivity contribution in [3.05, 3.63) is 59.5 Å². The molecule has 1 aromatic carbocycles. The summed E-state index contributed by atoms with van der Waals surface area (Å²) in [4.78, 5) is 8.46. The molecule has 21 heavy (non-hydrogen) atoms. The number of pyridine rings is 1. The fraction of sp³-hybridized carbons (Fsp3) is 0.200. The number of hydrogen-bond acceptors (Lipinski definition) is 4. The minimum atomic E-state index is -0.222. The molecule has 0 saturated carbocycles. The van der Waals surface area contributed by atoms with Crippen molar-refractivity contribution in [3.8, 4) is 0 Å².